The third kappa shape index (κ3) is 14.9. The van der Waals surface area contributed by atoms with Gasteiger partial charge in [-0.3, -0.25) is 4.55 Å². The smallest absolute Gasteiger partial charge is 0.407 e. The highest BCUT2D eigenvalue weighted by Gasteiger charge is 2.13. The molecule has 10 nitrogen and oxygen atoms in total. The number of carbonyl (C=O) groups excluding carboxylic acids is 3. The summed E-state index contributed by atoms with van der Waals surface area (Å²) in [5.41, 5.74) is 0. The zero-order valence-corrected chi connectivity index (χ0v) is 14.0. The van der Waals surface area contributed by atoms with E-state index in [1.165, 1.54) is 12.2 Å². The zero-order valence-electron chi connectivity index (χ0n) is 13.1. The number of rotatable bonds is 13. The fraction of sp³-hybridized carbons (Fsp3) is 0.769. The van der Waals surface area contributed by atoms with Crippen LogP contribution in [-0.2, 0) is 24.4 Å². The number of alkyl carbamates (subject to hydrolysis) is 1. The van der Waals surface area contributed by atoms with Gasteiger partial charge in [0.25, 0.3) is 10.1 Å². The van der Waals surface area contributed by atoms with Crippen LogP contribution in [0.4, 0.5) is 4.79 Å². The number of hydrogen-bond acceptors (Lipinski definition) is 8. The minimum atomic E-state index is -4.08. The quantitative estimate of drug-likeness (QED) is 0.210. The average Bonchev–Trinajstić information content (AvgIpc) is 2.51. The zero-order chi connectivity index (χ0) is 18.3. The summed E-state index contributed by atoms with van der Waals surface area (Å²) in [5.74, 6) is -0.489. The number of nitrogens with zero attached hydrogens (tertiary/aromatic N) is 2. The lowest BCUT2D eigenvalue weighted by Gasteiger charge is -2.17. The molecule has 136 valence electrons. The van der Waals surface area contributed by atoms with Crippen LogP contribution in [-0.4, -0.2) is 62.7 Å². The predicted octanol–water partition coefficient (Wildman–Crippen LogP) is 0.591. The van der Waals surface area contributed by atoms with Crippen LogP contribution < -0.4 is 5.32 Å². The van der Waals surface area contributed by atoms with Gasteiger partial charge in [0.15, 0.2) is 0 Å². The Balaban J connectivity index is 4.20. The van der Waals surface area contributed by atoms with Gasteiger partial charge in [0.05, 0.1) is 25.4 Å². The molecule has 0 saturated heterocycles. The van der Waals surface area contributed by atoms with Crippen molar-refractivity contribution in [1.29, 1.82) is 0 Å². The van der Waals surface area contributed by atoms with E-state index in [0.717, 1.165) is 0 Å². The predicted molar refractivity (Wildman–Crippen MR) is 83.7 cm³/mol. The molecule has 0 aliphatic rings. The Bertz CT molecular complexity index is 542. The molecule has 0 fully saturated rings. The molecule has 0 heterocycles. The molecule has 0 aromatic carbocycles. The number of amides is 1. The van der Waals surface area contributed by atoms with E-state index in [0.29, 0.717) is 25.7 Å². The van der Waals surface area contributed by atoms with Gasteiger partial charge >= 0.3 is 6.09 Å². The van der Waals surface area contributed by atoms with Crippen molar-refractivity contribution in [3.05, 3.63) is 0 Å². The summed E-state index contributed by atoms with van der Waals surface area (Å²) in [6.45, 7) is 0.429. The Kier molecular flexibility index (Phi) is 12.2. The maximum atomic E-state index is 11.6. The van der Waals surface area contributed by atoms with E-state index >= 15 is 0 Å². The highest BCUT2D eigenvalue weighted by molar-refractivity contribution is 7.85. The summed E-state index contributed by atoms with van der Waals surface area (Å²) >= 11 is 0. The minimum absolute atomic E-state index is 0.0149. The Morgan fingerprint density at radius 3 is 2.08 bits per heavy atom. The van der Waals surface area contributed by atoms with Crippen LogP contribution >= 0.6 is 0 Å². The lowest BCUT2D eigenvalue weighted by atomic mass is 10.1. The van der Waals surface area contributed by atoms with Gasteiger partial charge in [0, 0.05) is 6.04 Å². The first-order valence-corrected chi connectivity index (χ1v) is 8.95. The van der Waals surface area contributed by atoms with E-state index in [-0.39, 0.29) is 32.2 Å². The topological polar surface area (TPSA) is 152 Å². The average molecular weight is 363 g/mol. The molecule has 0 bridgehead atoms. The van der Waals surface area contributed by atoms with Gasteiger partial charge in [-0.2, -0.15) is 8.42 Å². The van der Waals surface area contributed by atoms with Crippen molar-refractivity contribution in [2.45, 2.75) is 38.1 Å². The Hall–Kier alpha value is -2.06. The maximum Gasteiger partial charge on any atom is 0.407 e. The monoisotopic (exact) mass is 363 g/mol. The molecule has 24 heavy (non-hydrogen) atoms. The lowest BCUT2D eigenvalue weighted by Crippen LogP contribution is -2.35. The highest BCUT2D eigenvalue weighted by Crippen LogP contribution is 2.06. The molecule has 0 saturated carbocycles. The molecule has 0 radical (unpaired) electrons. The third-order valence-corrected chi connectivity index (χ3v) is 3.68. The molecular formula is C13H21N3O7S. The van der Waals surface area contributed by atoms with Gasteiger partial charge in [-0.25, -0.2) is 24.4 Å². The van der Waals surface area contributed by atoms with Gasteiger partial charge in [-0.1, -0.05) is 0 Å². The summed E-state index contributed by atoms with van der Waals surface area (Å²) in [6, 6.07) is -0.261. The molecular weight excluding hydrogens is 342 g/mol. The molecule has 1 amide bonds. The van der Waals surface area contributed by atoms with Crippen molar-refractivity contribution in [3.8, 4) is 0 Å². The van der Waals surface area contributed by atoms with Crippen LogP contribution in [0.2, 0.25) is 0 Å². The van der Waals surface area contributed by atoms with E-state index in [2.05, 4.69) is 15.3 Å². The van der Waals surface area contributed by atoms with E-state index in [9.17, 15) is 22.8 Å². The SMILES string of the molecule is O=C=NCCCC(CCCN=C=O)NC(=O)OCCCS(=O)(=O)O. The minimum Gasteiger partial charge on any atom is -0.450 e. The number of hydrogen-bond donors (Lipinski definition) is 2. The van der Waals surface area contributed by atoms with Crippen molar-refractivity contribution in [1.82, 2.24) is 5.32 Å². The molecule has 11 heteroatoms. The summed E-state index contributed by atoms with van der Waals surface area (Å²) in [5, 5.41) is 2.61. The molecule has 0 aliphatic heterocycles. The number of nitrogens with one attached hydrogen (secondary N) is 1. The normalized spacial score (nSPS) is 11.7. The van der Waals surface area contributed by atoms with Crippen molar-refractivity contribution >= 4 is 28.4 Å². The Morgan fingerprint density at radius 2 is 1.62 bits per heavy atom. The van der Waals surface area contributed by atoms with Crippen LogP contribution in [0, 0.1) is 0 Å². The molecule has 0 aromatic heterocycles. The summed E-state index contributed by atoms with van der Waals surface area (Å²) in [4.78, 5) is 38.5. The molecule has 0 aromatic rings. The van der Waals surface area contributed by atoms with Crippen LogP contribution in [0.15, 0.2) is 9.98 Å². The second kappa shape index (κ2) is 13.4. The van der Waals surface area contributed by atoms with Crippen LogP contribution in [0.3, 0.4) is 0 Å². The van der Waals surface area contributed by atoms with Crippen molar-refractivity contribution < 1.29 is 32.1 Å². The Labute approximate surface area is 140 Å². The number of aliphatic imine (C=N–C) groups is 2. The maximum absolute atomic E-state index is 11.6. The number of isocyanates is 2. The molecule has 0 unspecified atom stereocenters. The summed E-state index contributed by atoms with van der Waals surface area (Å²) < 4.78 is 34.4. The van der Waals surface area contributed by atoms with E-state index in [4.69, 9.17) is 9.29 Å². The van der Waals surface area contributed by atoms with Crippen molar-refractivity contribution in [2.24, 2.45) is 9.98 Å². The molecule has 2 N–H and O–H groups in total. The highest BCUT2D eigenvalue weighted by atomic mass is 32.2. The second-order valence-electron chi connectivity index (χ2n) is 4.85. The first kappa shape index (κ1) is 21.9. The van der Waals surface area contributed by atoms with E-state index < -0.39 is 22.0 Å². The standard InChI is InChI=1S/C13H21N3O7S/c17-10-14-6-1-4-12(5-2-7-15-11-18)16-13(19)23-8-3-9-24(20,21)22/h12H,1-9H2,(H,16,19)(H,20,21,22). The van der Waals surface area contributed by atoms with Gasteiger partial charge < -0.3 is 10.1 Å². The van der Waals surface area contributed by atoms with Crippen molar-refractivity contribution in [2.75, 3.05) is 25.4 Å². The Morgan fingerprint density at radius 1 is 1.08 bits per heavy atom. The van der Waals surface area contributed by atoms with Crippen LogP contribution in [0.1, 0.15) is 32.1 Å². The van der Waals surface area contributed by atoms with E-state index in [1.807, 2.05) is 0 Å². The van der Waals surface area contributed by atoms with Crippen LogP contribution in [0.5, 0.6) is 0 Å². The summed E-state index contributed by atoms with van der Waals surface area (Å²) in [6.07, 6.45) is 4.31. The first-order valence-electron chi connectivity index (χ1n) is 7.34. The van der Waals surface area contributed by atoms with Gasteiger partial charge in [0.1, 0.15) is 0 Å². The fourth-order valence-electron chi connectivity index (χ4n) is 1.83. The van der Waals surface area contributed by atoms with Gasteiger partial charge in [0.2, 0.25) is 12.2 Å². The van der Waals surface area contributed by atoms with Gasteiger partial charge in [-0.15, -0.1) is 0 Å². The molecule has 0 atom stereocenters. The molecule has 0 spiro atoms. The summed E-state index contributed by atoms with van der Waals surface area (Å²) in [7, 11) is -4.08. The fourth-order valence-corrected chi connectivity index (χ4v) is 2.31. The van der Waals surface area contributed by atoms with Crippen molar-refractivity contribution in [3.63, 3.8) is 0 Å². The third-order valence-electron chi connectivity index (χ3n) is 2.88. The van der Waals surface area contributed by atoms with E-state index in [1.54, 1.807) is 0 Å². The largest absolute Gasteiger partial charge is 0.450 e. The molecule has 0 aliphatic carbocycles. The number of carbonyl (C=O) groups is 1. The number of ether oxygens (including phenoxy) is 1. The second-order valence-corrected chi connectivity index (χ2v) is 6.42. The van der Waals surface area contributed by atoms with Gasteiger partial charge in [-0.05, 0) is 32.1 Å². The van der Waals surface area contributed by atoms with Crippen LogP contribution in [0.25, 0.3) is 0 Å². The molecule has 0 rings (SSSR count). The lowest BCUT2D eigenvalue weighted by molar-refractivity contribution is 0.141. The first-order chi connectivity index (χ1) is 11.4.